The predicted octanol–water partition coefficient (Wildman–Crippen LogP) is 3.06. The lowest BCUT2D eigenvalue weighted by atomic mass is 10.1. The molecule has 19 heavy (non-hydrogen) atoms. The topological polar surface area (TPSA) is 81.7 Å². The van der Waals surface area contributed by atoms with Crippen molar-refractivity contribution in [1.29, 1.82) is 10.5 Å². The second-order valence-electron chi connectivity index (χ2n) is 5.01. The summed E-state index contributed by atoms with van der Waals surface area (Å²) < 4.78 is 24.0. The van der Waals surface area contributed by atoms with Crippen molar-refractivity contribution in [2.24, 2.45) is 11.8 Å². The minimum absolute atomic E-state index is 0.103. The molecule has 0 aromatic carbocycles. The lowest BCUT2D eigenvalue weighted by Crippen LogP contribution is -2.22. The Hall–Kier alpha value is -1.07. The Morgan fingerprint density at radius 3 is 1.53 bits per heavy atom. The molecule has 0 bridgehead atoms. The maximum atomic E-state index is 12.0. The highest BCUT2D eigenvalue weighted by Gasteiger charge is 2.23. The van der Waals surface area contributed by atoms with Crippen LogP contribution in [0.1, 0.15) is 52.4 Å². The largest absolute Gasteiger partial charge is 0.229 e. The van der Waals surface area contributed by atoms with Gasteiger partial charge >= 0.3 is 0 Å². The first-order valence-corrected chi connectivity index (χ1v) is 8.80. The van der Waals surface area contributed by atoms with Crippen LogP contribution in [0.2, 0.25) is 0 Å². The molecular formula is C14H24N2O2S. The van der Waals surface area contributed by atoms with E-state index in [2.05, 4.69) is 12.1 Å². The molecule has 0 amide bonds. The van der Waals surface area contributed by atoms with E-state index in [4.69, 9.17) is 10.5 Å². The van der Waals surface area contributed by atoms with Gasteiger partial charge in [0.1, 0.15) is 0 Å². The third kappa shape index (κ3) is 8.61. The molecule has 0 saturated carbocycles. The maximum Gasteiger partial charge on any atom is 0.152 e. The zero-order valence-corrected chi connectivity index (χ0v) is 12.7. The van der Waals surface area contributed by atoms with Crippen LogP contribution in [0, 0.1) is 34.5 Å². The number of nitrogens with zero attached hydrogens (tertiary/aromatic N) is 2. The van der Waals surface area contributed by atoms with Crippen molar-refractivity contribution in [2.75, 3.05) is 11.5 Å². The van der Waals surface area contributed by atoms with Crippen LogP contribution in [0.4, 0.5) is 0 Å². The first-order valence-electron chi connectivity index (χ1n) is 6.98. The summed E-state index contributed by atoms with van der Waals surface area (Å²) in [7, 11) is -3.31. The van der Waals surface area contributed by atoms with E-state index in [9.17, 15) is 8.42 Å². The van der Waals surface area contributed by atoms with E-state index >= 15 is 0 Å². The zero-order chi connectivity index (χ0) is 14.7. The molecule has 0 spiro atoms. The van der Waals surface area contributed by atoms with Gasteiger partial charge in [0.15, 0.2) is 9.84 Å². The zero-order valence-electron chi connectivity index (χ0n) is 11.9. The number of unbranched alkanes of at least 4 members (excludes halogenated alkanes) is 2. The molecular weight excluding hydrogens is 260 g/mol. The fraction of sp³-hybridized carbons (Fsp3) is 0.857. The van der Waals surface area contributed by atoms with Gasteiger partial charge in [-0.3, -0.25) is 0 Å². The second kappa shape index (κ2) is 9.81. The minimum Gasteiger partial charge on any atom is -0.229 e. The molecule has 0 N–H and O–H groups in total. The van der Waals surface area contributed by atoms with Gasteiger partial charge in [-0.1, -0.05) is 39.5 Å². The number of hydrogen-bond acceptors (Lipinski definition) is 4. The highest BCUT2D eigenvalue weighted by Crippen LogP contribution is 2.15. The average Bonchev–Trinajstić information content (AvgIpc) is 2.39. The number of rotatable bonds is 10. The highest BCUT2D eigenvalue weighted by molar-refractivity contribution is 7.91. The molecule has 0 aliphatic heterocycles. The van der Waals surface area contributed by atoms with Crippen molar-refractivity contribution >= 4 is 9.84 Å². The predicted molar refractivity (Wildman–Crippen MR) is 75.9 cm³/mol. The smallest absolute Gasteiger partial charge is 0.152 e. The monoisotopic (exact) mass is 284 g/mol. The van der Waals surface area contributed by atoms with E-state index in [-0.39, 0.29) is 11.5 Å². The van der Waals surface area contributed by atoms with Crippen LogP contribution in [0.3, 0.4) is 0 Å². The van der Waals surface area contributed by atoms with E-state index in [1.54, 1.807) is 0 Å². The molecule has 2 atom stereocenters. The van der Waals surface area contributed by atoms with E-state index in [1.807, 2.05) is 13.8 Å². The molecule has 0 aliphatic rings. The molecule has 0 radical (unpaired) electrons. The van der Waals surface area contributed by atoms with Gasteiger partial charge in [-0.25, -0.2) is 8.42 Å². The van der Waals surface area contributed by atoms with Crippen LogP contribution in [-0.4, -0.2) is 19.9 Å². The van der Waals surface area contributed by atoms with E-state index in [1.165, 1.54) is 0 Å². The normalized spacial score (nSPS) is 14.3. The Labute approximate surface area is 117 Å². The number of hydrogen-bond donors (Lipinski definition) is 0. The lowest BCUT2D eigenvalue weighted by molar-refractivity contribution is 0.546. The van der Waals surface area contributed by atoms with Gasteiger partial charge in [0.2, 0.25) is 0 Å². The van der Waals surface area contributed by atoms with Gasteiger partial charge in [0.25, 0.3) is 0 Å². The molecule has 0 aromatic rings. The number of sulfone groups is 1. The molecule has 4 nitrogen and oxygen atoms in total. The Balaban J connectivity index is 4.44. The van der Waals surface area contributed by atoms with E-state index in [0.717, 1.165) is 25.7 Å². The molecule has 2 unspecified atom stereocenters. The fourth-order valence-electron chi connectivity index (χ4n) is 1.95. The van der Waals surface area contributed by atoms with Crippen LogP contribution in [-0.2, 0) is 9.84 Å². The van der Waals surface area contributed by atoms with Crippen molar-refractivity contribution in [3.8, 4) is 12.1 Å². The highest BCUT2D eigenvalue weighted by atomic mass is 32.2. The van der Waals surface area contributed by atoms with Gasteiger partial charge in [0, 0.05) is 0 Å². The van der Waals surface area contributed by atoms with Gasteiger partial charge < -0.3 is 0 Å². The molecule has 0 saturated heterocycles. The summed E-state index contributed by atoms with van der Waals surface area (Å²) in [6.45, 7) is 4.03. The first kappa shape index (κ1) is 17.9. The molecule has 0 fully saturated rings. The van der Waals surface area contributed by atoms with E-state index < -0.39 is 21.7 Å². The summed E-state index contributed by atoms with van der Waals surface area (Å²) in [4.78, 5) is 0. The van der Waals surface area contributed by atoms with Gasteiger partial charge in [-0.15, -0.1) is 0 Å². The van der Waals surface area contributed by atoms with Crippen LogP contribution < -0.4 is 0 Å². The number of nitriles is 2. The van der Waals surface area contributed by atoms with E-state index in [0.29, 0.717) is 12.8 Å². The average molecular weight is 284 g/mol. The summed E-state index contributed by atoms with van der Waals surface area (Å²) in [5.41, 5.74) is 0. The summed E-state index contributed by atoms with van der Waals surface area (Å²) in [6.07, 6.45) is 4.89. The molecule has 5 heteroatoms. The second-order valence-corrected chi connectivity index (χ2v) is 7.17. The maximum absolute atomic E-state index is 12.0. The lowest BCUT2D eigenvalue weighted by Gasteiger charge is -2.12. The molecule has 0 rings (SSSR count). The Bertz CT molecular complexity index is 384. The first-order chi connectivity index (χ1) is 8.99. The summed E-state index contributed by atoms with van der Waals surface area (Å²) in [6, 6.07) is 4.13. The van der Waals surface area contributed by atoms with Gasteiger partial charge in [-0.05, 0) is 12.8 Å². The standard InChI is InChI=1S/C14H24N2O2S/c1-3-5-7-13(9-15)11-19(17,18)12-14(10-16)8-6-4-2/h13-14H,3-8,11-12H2,1-2H3. The SMILES string of the molecule is CCCCC(C#N)CS(=O)(=O)CC(C#N)CCCC. The Kier molecular flexibility index (Phi) is 9.26. The molecule has 0 aliphatic carbocycles. The quantitative estimate of drug-likeness (QED) is 0.617. The third-order valence-electron chi connectivity index (χ3n) is 3.09. The summed E-state index contributed by atoms with van der Waals surface area (Å²) in [5.74, 6) is -1.08. The van der Waals surface area contributed by atoms with Gasteiger partial charge in [0.05, 0.1) is 35.5 Å². The van der Waals surface area contributed by atoms with Crippen molar-refractivity contribution in [3.63, 3.8) is 0 Å². The third-order valence-corrected chi connectivity index (χ3v) is 4.91. The Morgan fingerprint density at radius 1 is 0.895 bits per heavy atom. The Morgan fingerprint density at radius 2 is 1.26 bits per heavy atom. The minimum atomic E-state index is -3.31. The van der Waals surface area contributed by atoms with Crippen LogP contribution in [0.15, 0.2) is 0 Å². The van der Waals surface area contributed by atoms with Crippen LogP contribution >= 0.6 is 0 Å². The van der Waals surface area contributed by atoms with Crippen molar-refractivity contribution in [2.45, 2.75) is 52.4 Å². The molecule has 108 valence electrons. The van der Waals surface area contributed by atoms with Crippen molar-refractivity contribution in [3.05, 3.63) is 0 Å². The summed E-state index contributed by atoms with van der Waals surface area (Å²) >= 11 is 0. The molecule has 0 aromatic heterocycles. The summed E-state index contributed by atoms with van der Waals surface area (Å²) in [5, 5.41) is 17.9. The van der Waals surface area contributed by atoms with Crippen molar-refractivity contribution in [1.82, 2.24) is 0 Å². The van der Waals surface area contributed by atoms with Crippen LogP contribution in [0.5, 0.6) is 0 Å². The molecule has 0 heterocycles. The fourth-order valence-corrected chi connectivity index (χ4v) is 3.80. The van der Waals surface area contributed by atoms with Gasteiger partial charge in [-0.2, -0.15) is 10.5 Å². The van der Waals surface area contributed by atoms with Crippen LogP contribution in [0.25, 0.3) is 0 Å². The van der Waals surface area contributed by atoms with Crippen molar-refractivity contribution < 1.29 is 8.42 Å².